The first-order chi connectivity index (χ1) is 12.6. The van der Waals surface area contributed by atoms with Crippen molar-refractivity contribution < 1.29 is 9.21 Å². The zero-order valence-electron chi connectivity index (χ0n) is 14.5. The van der Waals surface area contributed by atoms with Crippen molar-refractivity contribution in [3.05, 3.63) is 75.5 Å². The van der Waals surface area contributed by atoms with Crippen LogP contribution in [0.15, 0.2) is 63.8 Å². The number of rotatable bonds is 3. The molecule has 4 aromatic rings. The summed E-state index contributed by atoms with van der Waals surface area (Å²) in [5.41, 5.74) is 2.05. The minimum atomic E-state index is -0.409. The molecular formula is C21H17NO3S. The van der Waals surface area contributed by atoms with Crippen molar-refractivity contribution in [3.8, 4) is 0 Å². The molecule has 0 unspecified atom stereocenters. The summed E-state index contributed by atoms with van der Waals surface area (Å²) in [6.45, 7) is 4.48. The number of carbonyl (C=O) groups excluding carboxylic acids is 1. The number of amides is 1. The molecule has 0 saturated carbocycles. The van der Waals surface area contributed by atoms with Crippen LogP contribution in [0.4, 0.5) is 5.69 Å². The molecule has 0 aliphatic carbocycles. The summed E-state index contributed by atoms with van der Waals surface area (Å²) in [5, 5.41) is 1.31. The molecule has 5 heteroatoms. The van der Waals surface area contributed by atoms with Gasteiger partial charge < -0.3 is 9.32 Å². The Morgan fingerprint density at radius 1 is 1.08 bits per heavy atom. The molecule has 130 valence electrons. The molecule has 0 fully saturated rings. The molecular weight excluding hydrogens is 346 g/mol. The second kappa shape index (κ2) is 6.42. The largest absolute Gasteiger partial charge is 0.422 e. The van der Waals surface area contributed by atoms with Crippen molar-refractivity contribution in [3.63, 3.8) is 0 Å². The lowest BCUT2D eigenvalue weighted by Gasteiger charge is -2.22. The molecule has 0 aliphatic rings. The maximum Gasteiger partial charge on any atom is 0.345 e. The molecule has 2 aromatic carbocycles. The number of carbonyl (C=O) groups is 1. The van der Waals surface area contributed by atoms with Crippen LogP contribution in [-0.4, -0.2) is 12.5 Å². The van der Waals surface area contributed by atoms with Crippen LogP contribution < -0.4 is 10.5 Å². The molecule has 0 bridgehead atoms. The third kappa shape index (κ3) is 2.61. The Bertz CT molecular complexity index is 1190. The van der Waals surface area contributed by atoms with E-state index < -0.39 is 5.63 Å². The van der Waals surface area contributed by atoms with Crippen LogP contribution in [0, 0.1) is 6.92 Å². The molecule has 2 heterocycles. The number of hydrogen-bond acceptors (Lipinski definition) is 4. The third-order valence-electron chi connectivity index (χ3n) is 4.46. The standard InChI is InChI=1S/C21H17NO3S/c1-3-22(16-10-6-4-8-13(16)2)20(23)18-12-15-19(26-18)14-9-5-7-11-17(14)25-21(15)24/h4-12H,3H2,1-2H3. The third-order valence-corrected chi connectivity index (χ3v) is 5.62. The molecule has 0 spiro atoms. The molecule has 0 atom stereocenters. The Hall–Kier alpha value is -2.92. The summed E-state index contributed by atoms with van der Waals surface area (Å²) in [4.78, 5) is 27.7. The van der Waals surface area contributed by atoms with Crippen molar-refractivity contribution in [2.45, 2.75) is 13.8 Å². The van der Waals surface area contributed by atoms with Crippen molar-refractivity contribution >= 4 is 44.0 Å². The van der Waals surface area contributed by atoms with Gasteiger partial charge in [0.15, 0.2) is 0 Å². The van der Waals surface area contributed by atoms with Gasteiger partial charge in [0.2, 0.25) is 0 Å². The monoisotopic (exact) mass is 363 g/mol. The van der Waals surface area contributed by atoms with Gasteiger partial charge in [0.05, 0.1) is 15.0 Å². The fourth-order valence-electron chi connectivity index (χ4n) is 3.17. The fourth-order valence-corrected chi connectivity index (χ4v) is 4.29. The summed E-state index contributed by atoms with van der Waals surface area (Å²) in [6.07, 6.45) is 0. The van der Waals surface area contributed by atoms with E-state index in [1.165, 1.54) is 11.3 Å². The summed E-state index contributed by atoms with van der Waals surface area (Å²) in [6, 6.07) is 16.8. The van der Waals surface area contributed by atoms with E-state index in [1.54, 1.807) is 17.0 Å². The molecule has 4 rings (SSSR count). The van der Waals surface area contributed by atoms with Gasteiger partial charge in [-0.25, -0.2) is 4.79 Å². The fraction of sp³-hybridized carbons (Fsp3) is 0.143. The van der Waals surface area contributed by atoms with E-state index >= 15 is 0 Å². The van der Waals surface area contributed by atoms with Crippen molar-refractivity contribution in [1.82, 2.24) is 0 Å². The average molecular weight is 363 g/mol. The second-order valence-electron chi connectivity index (χ2n) is 6.08. The van der Waals surface area contributed by atoms with Crippen LogP contribution in [0.25, 0.3) is 21.1 Å². The van der Waals surface area contributed by atoms with E-state index in [2.05, 4.69) is 0 Å². The molecule has 0 saturated heterocycles. The highest BCUT2D eigenvalue weighted by Crippen LogP contribution is 2.32. The molecule has 0 aliphatic heterocycles. The first kappa shape index (κ1) is 16.5. The van der Waals surface area contributed by atoms with Gasteiger partial charge in [-0.05, 0) is 43.7 Å². The highest BCUT2D eigenvalue weighted by atomic mass is 32.1. The number of nitrogens with zero attached hydrogens (tertiary/aromatic N) is 1. The zero-order chi connectivity index (χ0) is 18.3. The van der Waals surface area contributed by atoms with Gasteiger partial charge in [-0.2, -0.15) is 0 Å². The highest BCUT2D eigenvalue weighted by Gasteiger charge is 2.21. The average Bonchev–Trinajstić information content (AvgIpc) is 3.10. The lowest BCUT2D eigenvalue weighted by molar-refractivity contribution is 0.0992. The Balaban J connectivity index is 1.87. The highest BCUT2D eigenvalue weighted by molar-refractivity contribution is 7.21. The van der Waals surface area contributed by atoms with Crippen LogP contribution in [0.5, 0.6) is 0 Å². The van der Waals surface area contributed by atoms with E-state index in [1.807, 2.05) is 56.3 Å². The summed E-state index contributed by atoms with van der Waals surface area (Å²) >= 11 is 1.34. The quantitative estimate of drug-likeness (QED) is 0.482. The predicted octanol–water partition coefficient (Wildman–Crippen LogP) is 4.98. The zero-order valence-corrected chi connectivity index (χ0v) is 15.3. The normalized spacial score (nSPS) is 11.2. The maximum absolute atomic E-state index is 13.1. The summed E-state index contributed by atoms with van der Waals surface area (Å²) < 4.78 is 6.18. The Morgan fingerprint density at radius 3 is 2.58 bits per heavy atom. The molecule has 2 aromatic heterocycles. The smallest absolute Gasteiger partial charge is 0.345 e. The van der Waals surface area contributed by atoms with Gasteiger partial charge in [-0.15, -0.1) is 11.3 Å². The van der Waals surface area contributed by atoms with E-state index in [-0.39, 0.29) is 5.91 Å². The predicted molar refractivity (Wildman–Crippen MR) is 106 cm³/mol. The lowest BCUT2D eigenvalue weighted by atomic mass is 10.1. The van der Waals surface area contributed by atoms with Crippen LogP contribution >= 0.6 is 11.3 Å². The van der Waals surface area contributed by atoms with Crippen molar-refractivity contribution in [2.24, 2.45) is 0 Å². The number of hydrogen-bond donors (Lipinski definition) is 0. The number of aryl methyl sites for hydroxylation is 1. The van der Waals surface area contributed by atoms with Crippen LogP contribution in [0.3, 0.4) is 0 Å². The number of benzene rings is 2. The Kier molecular flexibility index (Phi) is 4.09. The molecule has 0 radical (unpaired) electrons. The van der Waals surface area contributed by atoms with Crippen molar-refractivity contribution in [2.75, 3.05) is 11.4 Å². The van der Waals surface area contributed by atoms with Gasteiger partial charge >= 0.3 is 5.63 Å². The van der Waals surface area contributed by atoms with Crippen molar-refractivity contribution in [1.29, 1.82) is 0 Å². The molecule has 26 heavy (non-hydrogen) atoms. The molecule has 0 N–H and O–H groups in total. The number of thiophene rings is 1. The van der Waals surface area contributed by atoms with Gasteiger partial charge in [0.25, 0.3) is 5.91 Å². The van der Waals surface area contributed by atoms with Crippen LogP contribution in [0.1, 0.15) is 22.2 Å². The first-order valence-electron chi connectivity index (χ1n) is 8.43. The number of para-hydroxylation sites is 2. The number of anilines is 1. The Morgan fingerprint density at radius 2 is 1.81 bits per heavy atom. The molecule has 4 nitrogen and oxygen atoms in total. The number of fused-ring (bicyclic) bond motifs is 3. The molecule has 1 amide bonds. The van der Waals surface area contributed by atoms with Gasteiger partial charge in [-0.3, -0.25) is 4.79 Å². The van der Waals surface area contributed by atoms with Gasteiger partial charge in [0.1, 0.15) is 5.58 Å². The van der Waals surface area contributed by atoms with E-state index in [9.17, 15) is 9.59 Å². The summed E-state index contributed by atoms with van der Waals surface area (Å²) in [5.74, 6) is -0.105. The van der Waals surface area contributed by atoms with E-state index in [0.29, 0.717) is 22.4 Å². The van der Waals surface area contributed by atoms with E-state index in [0.717, 1.165) is 21.3 Å². The maximum atomic E-state index is 13.1. The SMILES string of the molecule is CCN(C(=O)c1cc2c(=O)oc3ccccc3c2s1)c1ccccc1C. The topological polar surface area (TPSA) is 50.5 Å². The van der Waals surface area contributed by atoms with Gasteiger partial charge in [0, 0.05) is 17.6 Å². The minimum absolute atomic E-state index is 0.105. The first-order valence-corrected chi connectivity index (χ1v) is 9.24. The minimum Gasteiger partial charge on any atom is -0.422 e. The van der Waals surface area contributed by atoms with Crippen LogP contribution in [-0.2, 0) is 0 Å². The second-order valence-corrected chi connectivity index (χ2v) is 7.13. The van der Waals surface area contributed by atoms with E-state index in [4.69, 9.17) is 4.42 Å². The Labute approximate surface area is 154 Å². The van der Waals surface area contributed by atoms with Crippen LogP contribution in [0.2, 0.25) is 0 Å². The lowest BCUT2D eigenvalue weighted by Crippen LogP contribution is -2.30. The summed E-state index contributed by atoms with van der Waals surface area (Å²) in [7, 11) is 0. The van der Waals surface area contributed by atoms with Gasteiger partial charge in [-0.1, -0.05) is 30.3 Å².